The maximum Gasteiger partial charge on any atom is 0.118 e. The number of ether oxygens (including phenoxy) is 1. The third-order valence-electron chi connectivity index (χ3n) is 3.59. The predicted molar refractivity (Wildman–Crippen MR) is 85.6 cm³/mol. The molecule has 2 unspecified atom stereocenters. The van der Waals surface area contributed by atoms with Gasteiger partial charge in [-0.25, -0.2) is 0 Å². The first-order valence-electron chi connectivity index (χ1n) is 7.28. The van der Waals surface area contributed by atoms with Crippen molar-refractivity contribution < 1.29 is 9.84 Å². The fourth-order valence-electron chi connectivity index (χ4n) is 2.28. The average molecular weight is 285 g/mol. The molecule has 0 amide bonds. The molecular formula is C18H23NO2. The number of hydrogen-bond donors (Lipinski definition) is 2. The number of nitrogens with one attached hydrogen (secondary N) is 1. The van der Waals surface area contributed by atoms with Crippen LogP contribution in [-0.2, 0) is 6.42 Å². The van der Waals surface area contributed by atoms with E-state index in [-0.39, 0.29) is 12.1 Å². The van der Waals surface area contributed by atoms with E-state index in [2.05, 4.69) is 12.2 Å². The van der Waals surface area contributed by atoms with Crippen molar-refractivity contribution in [3.8, 4) is 5.75 Å². The molecule has 0 aromatic heterocycles. The average Bonchev–Trinajstić information content (AvgIpc) is 2.53. The predicted octanol–water partition coefficient (Wildman–Crippen LogP) is 2.95. The molecule has 0 aliphatic rings. The van der Waals surface area contributed by atoms with Crippen LogP contribution in [0.2, 0.25) is 0 Å². The van der Waals surface area contributed by atoms with Gasteiger partial charge >= 0.3 is 0 Å². The van der Waals surface area contributed by atoms with Crippen LogP contribution in [0.3, 0.4) is 0 Å². The van der Waals surface area contributed by atoms with Gasteiger partial charge in [0.2, 0.25) is 0 Å². The molecule has 21 heavy (non-hydrogen) atoms. The van der Waals surface area contributed by atoms with Crippen LogP contribution in [0.5, 0.6) is 5.75 Å². The Morgan fingerprint density at radius 3 is 2.33 bits per heavy atom. The summed E-state index contributed by atoms with van der Waals surface area (Å²) in [5.41, 5.74) is 2.34. The maximum absolute atomic E-state index is 10.1. The van der Waals surface area contributed by atoms with Crippen molar-refractivity contribution in [2.24, 2.45) is 0 Å². The van der Waals surface area contributed by atoms with Crippen LogP contribution in [0.15, 0.2) is 54.6 Å². The Bertz CT molecular complexity index is 525. The van der Waals surface area contributed by atoms with E-state index in [1.165, 1.54) is 5.56 Å². The molecule has 0 aliphatic heterocycles. The van der Waals surface area contributed by atoms with E-state index >= 15 is 0 Å². The summed E-state index contributed by atoms with van der Waals surface area (Å²) in [6, 6.07) is 18.2. The van der Waals surface area contributed by atoms with Crippen molar-refractivity contribution in [2.45, 2.75) is 25.5 Å². The van der Waals surface area contributed by atoms with Crippen molar-refractivity contribution in [1.82, 2.24) is 5.32 Å². The van der Waals surface area contributed by atoms with E-state index in [1.807, 2.05) is 54.6 Å². The molecule has 112 valence electrons. The highest BCUT2D eigenvalue weighted by atomic mass is 16.5. The Morgan fingerprint density at radius 2 is 1.71 bits per heavy atom. The van der Waals surface area contributed by atoms with Gasteiger partial charge < -0.3 is 15.2 Å². The van der Waals surface area contributed by atoms with Crippen molar-refractivity contribution in [3.63, 3.8) is 0 Å². The Balaban J connectivity index is 1.81. The molecule has 2 aromatic rings. The third-order valence-corrected chi connectivity index (χ3v) is 3.59. The summed E-state index contributed by atoms with van der Waals surface area (Å²) in [7, 11) is 1.66. The fraction of sp³-hybridized carbons (Fsp3) is 0.333. The summed E-state index contributed by atoms with van der Waals surface area (Å²) < 4.78 is 5.15. The lowest BCUT2D eigenvalue weighted by Crippen LogP contribution is -2.30. The first-order valence-corrected chi connectivity index (χ1v) is 7.28. The zero-order chi connectivity index (χ0) is 15.1. The van der Waals surface area contributed by atoms with Crippen molar-refractivity contribution in [1.29, 1.82) is 0 Å². The molecule has 0 saturated heterocycles. The SMILES string of the molecule is COc1ccc(C(C)NCC(O)Cc2ccccc2)cc1. The second kappa shape index (κ2) is 7.81. The van der Waals surface area contributed by atoms with Gasteiger partial charge in [0.1, 0.15) is 5.75 Å². The first kappa shape index (κ1) is 15.5. The van der Waals surface area contributed by atoms with Crippen molar-refractivity contribution >= 4 is 0 Å². The standard InChI is InChI=1S/C18H23NO2/c1-14(16-8-10-18(21-2)11-9-16)19-13-17(20)12-15-6-4-3-5-7-15/h3-11,14,17,19-20H,12-13H2,1-2H3. The van der Waals surface area contributed by atoms with Gasteiger partial charge in [-0.05, 0) is 36.6 Å². The lowest BCUT2D eigenvalue weighted by atomic mass is 10.1. The summed E-state index contributed by atoms with van der Waals surface area (Å²) in [5.74, 6) is 0.857. The lowest BCUT2D eigenvalue weighted by molar-refractivity contribution is 0.168. The molecule has 3 nitrogen and oxygen atoms in total. The van der Waals surface area contributed by atoms with Crippen molar-refractivity contribution in [3.05, 3.63) is 65.7 Å². The van der Waals surface area contributed by atoms with Gasteiger partial charge in [0, 0.05) is 12.6 Å². The monoisotopic (exact) mass is 285 g/mol. The van der Waals surface area contributed by atoms with Crippen LogP contribution in [0.1, 0.15) is 24.1 Å². The van der Waals surface area contributed by atoms with Crippen LogP contribution in [0.4, 0.5) is 0 Å². The summed E-state index contributed by atoms with van der Waals surface area (Å²) in [5, 5.41) is 13.5. The minimum Gasteiger partial charge on any atom is -0.497 e. The minimum atomic E-state index is -0.381. The number of benzene rings is 2. The van der Waals surface area contributed by atoms with E-state index in [1.54, 1.807) is 7.11 Å². The molecule has 0 fully saturated rings. The molecule has 0 aliphatic carbocycles. The molecule has 2 atom stereocenters. The third kappa shape index (κ3) is 4.88. The van der Waals surface area contributed by atoms with Crippen molar-refractivity contribution in [2.75, 3.05) is 13.7 Å². The Hall–Kier alpha value is -1.84. The van der Waals surface area contributed by atoms with Gasteiger partial charge in [-0.2, -0.15) is 0 Å². The van der Waals surface area contributed by atoms with E-state index in [0.717, 1.165) is 11.3 Å². The van der Waals surface area contributed by atoms with Gasteiger partial charge in [0.05, 0.1) is 13.2 Å². The summed E-state index contributed by atoms with van der Waals surface area (Å²) in [4.78, 5) is 0. The Kier molecular flexibility index (Phi) is 5.78. The second-order valence-electron chi connectivity index (χ2n) is 5.25. The number of methoxy groups -OCH3 is 1. The van der Waals surface area contributed by atoms with E-state index in [4.69, 9.17) is 4.74 Å². The number of hydrogen-bond acceptors (Lipinski definition) is 3. The minimum absolute atomic E-state index is 0.196. The molecule has 0 bridgehead atoms. The fourth-order valence-corrected chi connectivity index (χ4v) is 2.28. The molecule has 0 spiro atoms. The lowest BCUT2D eigenvalue weighted by Gasteiger charge is -2.18. The maximum atomic E-state index is 10.1. The molecule has 0 heterocycles. The highest BCUT2D eigenvalue weighted by molar-refractivity contribution is 5.28. The second-order valence-corrected chi connectivity index (χ2v) is 5.25. The van der Waals surface area contributed by atoms with Crippen LogP contribution >= 0.6 is 0 Å². The normalized spacial score (nSPS) is 13.7. The van der Waals surface area contributed by atoms with Crippen LogP contribution in [0.25, 0.3) is 0 Å². The van der Waals surface area contributed by atoms with Crippen LogP contribution in [-0.4, -0.2) is 24.9 Å². The summed E-state index contributed by atoms with van der Waals surface area (Å²) in [6.07, 6.45) is 0.288. The Morgan fingerprint density at radius 1 is 1.05 bits per heavy atom. The zero-order valence-electron chi connectivity index (χ0n) is 12.6. The van der Waals surface area contributed by atoms with Gasteiger partial charge in [-0.3, -0.25) is 0 Å². The van der Waals surface area contributed by atoms with Gasteiger partial charge in [0.15, 0.2) is 0 Å². The molecule has 0 saturated carbocycles. The summed E-state index contributed by atoms with van der Waals surface area (Å²) >= 11 is 0. The van der Waals surface area contributed by atoms with Gasteiger partial charge in [0.25, 0.3) is 0 Å². The zero-order valence-corrected chi connectivity index (χ0v) is 12.6. The van der Waals surface area contributed by atoms with Crippen LogP contribution in [0, 0.1) is 0 Å². The molecule has 2 rings (SSSR count). The van der Waals surface area contributed by atoms with Gasteiger partial charge in [-0.15, -0.1) is 0 Å². The number of aliphatic hydroxyl groups is 1. The molecule has 3 heteroatoms. The summed E-state index contributed by atoms with van der Waals surface area (Å²) in [6.45, 7) is 2.67. The van der Waals surface area contributed by atoms with Crippen LogP contribution < -0.4 is 10.1 Å². The molecular weight excluding hydrogens is 262 g/mol. The quantitative estimate of drug-likeness (QED) is 0.822. The molecule has 2 N–H and O–H groups in total. The largest absolute Gasteiger partial charge is 0.497 e. The van der Waals surface area contributed by atoms with E-state index in [0.29, 0.717) is 13.0 Å². The highest BCUT2D eigenvalue weighted by Crippen LogP contribution is 2.17. The number of rotatable bonds is 7. The highest BCUT2D eigenvalue weighted by Gasteiger charge is 2.09. The topological polar surface area (TPSA) is 41.5 Å². The van der Waals surface area contributed by atoms with E-state index in [9.17, 15) is 5.11 Å². The smallest absolute Gasteiger partial charge is 0.118 e. The first-order chi connectivity index (χ1) is 10.2. The molecule has 2 aromatic carbocycles. The van der Waals surface area contributed by atoms with E-state index < -0.39 is 0 Å². The Labute approximate surface area is 126 Å². The molecule has 0 radical (unpaired) electrons. The number of aliphatic hydroxyl groups excluding tert-OH is 1. The van der Waals surface area contributed by atoms with Gasteiger partial charge in [-0.1, -0.05) is 42.5 Å².